The number of piperidine rings is 2. The molecule has 2 aromatic carbocycles. The highest BCUT2D eigenvalue weighted by molar-refractivity contribution is 5.51. The summed E-state index contributed by atoms with van der Waals surface area (Å²) in [6, 6.07) is 9.47. The van der Waals surface area contributed by atoms with Gasteiger partial charge >= 0.3 is 0 Å². The van der Waals surface area contributed by atoms with E-state index in [1.54, 1.807) is 28.4 Å². The SMILES string of the molecule is CC[C@H]1CN2CCc3cc(OC)c(OC)cc3[C@@H]2C[C@@H]1C[C@@H]1c2cc(OC)c(OC)cc2CCN1CC(O)CN1CCCCC1. The van der Waals surface area contributed by atoms with Gasteiger partial charge in [-0.1, -0.05) is 19.8 Å². The second kappa shape index (κ2) is 14.5. The molecule has 8 heteroatoms. The summed E-state index contributed by atoms with van der Waals surface area (Å²) >= 11 is 0. The van der Waals surface area contributed by atoms with Crippen LogP contribution in [0.25, 0.3) is 0 Å². The van der Waals surface area contributed by atoms with Crippen LogP contribution in [-0.2, 0) is 12.8 Å². The lowest BCUT2D eigenvalue weighted by Gasteiger charge is -2.49. The third kappa shape index (κ3) is 6.80. The van der Waals surface area contributed by atoms with E-state index >= 15 is 0 Å². The fourth-order valence-electron chi connectivity index (χ4n) is 8.89. The van der Waals surface area contributed by atoms with Crippen molar-refractivity contribution in [3.8, 4) is 23.0 Å². The van der Waals surface area contributed by atoms with Crippen LogP contribution in [0, 0.1) is 11.8 Å². The van der Waals surface area contributed by atoms with Gasteiger partial charge in [0.15, 0.2) is 23.0 Å². The molecule has 45 heavy (non-hydrogen) atoms. The molecule has 2 fully saturated rings. The Morgan fingerprint density at radius 2 is 1.33 bits per heavy atom. The maximum absolute atomic E-state index is 11.4. The van der Waals surface area contributed by atoms with E-state index in [-0.39, 0.29) is 12.1 Å². The standard InChI is InChI=1S/C37H55N3O5/c1-6-25-22-39-14-10-26-18-34(42-2)36(44-4)20-30(26)32(39)16-28(25)17-33-31-21-37(45-5)35(43-3)19-27(31)11-15-40(33)24-29(41)23-38-12-8-7-9-13-38/h18-21,25,28-29,32-33,41H,6-17,22-24H2,1-5H3/t25-,28+,29?,32-,33+/m0/s1. The molecular weight excluding hydrogens is 566 g/mol. The first-order valence-corrected chi connectivity index (χ1v) is 17.3. The number of β-amino-alcohol motifs (C(OH)–C–C–N with tert-alkyl or cyclic N) is 1. The van der Waals surface area contributed by atoms with Crippen LogP contribution in [0.2, 0.25) is 0 Å². The summed E-state index contributed by atoms with van der Waals surface area (Å²) in [7, 11) is 6.91. The second-order valence-electron chi connectivity index (χ2n) is 13.7. The van der Waals surface area contributed by atoms with Crippen molar-refractivity contribution in [3.05, 3.63) is 46.5 Å². The molecule has 8 nitrogen and oxygen atoms in total. The Kier molecular flexibility index (Phi) is 10.4. The van der Waals surface area contributed by atoms with Crippen molar-refractivity contribution in [3.63, 3.8) is 0 Å². The number of aliphatic hydroxyl groups excluding tert-OH is 1. The summed E-state index contributed by atoms with van der Waals surface area (Å²) in [6.07, 6.45) is 8.83. The highest BCUT2D eigenvalue weighted by atomic mass is 16.5. The first-order chi connectivity index (χ1) is 22.0. The van der Waals surface area contributed by atoms with Gasteiger partial charge in [-0.25, -0.2) is 0 Å². The number of hydrogen-bond acceptors (Lipinski definition) is 8. The predicted molar refractivity (Wildman–Crippen MR) is 178 cm³/mol. The molecule has 0 aliphatic carbocycles. The Morgan fingerprint density at radius 3 is 1.98 bits per heavy atom. The van der Waals surface area contributed by atoms with E-state index in [0.717, 1.165) is 87.9 Å². The van der Waals surface area contributed by atoms with Gasteiger partial charge in [0.2, 0.25) is 0 Å². The summed E-state index contributed by atoms with van der Waals surface area (Å²) in [6.45, 7) is 9.22. The third-order valence-corrected chi connectivity index (χ3v) is 11.3. The molecule has 0 aromatic heterocycles. The molecule has 248 valence electrons. The van der Waals surface area contributed by atoms with E-state index in [9.17, 15) is 5.11 Å². The summed E-state index contributed by atoms with van der Waals surface area (Å²) in [5.74, 6) is 4.43. The number of methoxy groups -OCH3 is 4. The Bertz CT molecular complexity index is 1300. The van der Waals surface area contributed by atoms with E-state index in [4.69, 9.17) is 18.9 Å². The summed E-state index contributed by atoms with van der Waals surface area (Å²) < 4.78 is 23.0. The molecule has 5 atom stereocenters. The number of ether oxygens (including phenoxy) is 4. The number of aliphatic hydroxyl groups is 1. The van der Waals surface area contributed by atoms with Gasteiger partial charge in [-0.15, -0.1) is 0 Å². The Morgan fingerprint density at radius 1 is 0.733 bits per heavy atom. The molecule has 0 amide bonds. The van der Waals surface area contributed by atoms with Gasteiger partial charge in [0.1, 0.15) is 0 Å². The van der Waals surface area contributed by atoms with E-state index in [2.05, 4.69) is 45.9 Å². The molecule has 0 bridgehead atoms. The van der Waals surface area contributed by atoms with Crippen molar-refractivity contribution in [2.45, 2.75) is 76.5 Å². The lowest BCUT2D eigenvalue weighted by atomic mass is 9.72. The average Bonchev–Trinajstić information content (AvgIpc) is 3.07. The van der Waals surface area contributed by atoms with E-state index in [1.807, 2.05) is 0 Å². The molecule has 0 saturated carbocycles. The molecule has 1 unspecified atom stereocenters. The normalized spacial score (nSPS) is 26.4. The first kappa shape index (κ1) is 32.4. The van der Waals surface area contributed by atoms with Crippen molar-refractivity contribution in [2.75, 3.05) is 74.3 Å². The van der Waals surface area contributed by atoms with Crippen LogP contribution >= 0.6 is 0 Å². The Balaban J connectivity index is 1.29. The minimum absolute atomic E-state index is 0.226. The van der Waals surface area contributed by atoms with Crippen molar-refractivity contribution in [2.24, 2.45) is 11.8 Å². The van der Waals surface area contributed by atoms with Gasteiger partial charge in [0.25, 0.3) is 0 Å². The maximum atomic E-state index is 11.4. The summed E-state index contributed by atoms with van der Waals surface area (Å²) in [5, 5.41) is 11.4. The monoisotopic (exact) mass is 621 g/mol. The van der Waals surface area contributed by atoms with E-state index < -0.39 is 0 Å². The van der Waals surface area contributed by atoms with Gasteiger partial charge in [-0.05, 0) is 110 Å². The number of nitrogens with zero attached hydrogens (tertiary/aromatic N) is 3. The zero-order chi connectivity index (χ0) is 31.5. The number of likely N-dealkylation sites (tertiary alicyclic amines) is 1. The first-order valence-electron chi connectivity index (χ1n) is 17.3. The minimum atomic E-state index is -0.358. The molecule has 4 aliphatic rings. The quantitative estimate of drug-likeness (QED) is 0.353. The second-order valence-corrected chi connectivity index (χ2v) is 13.7. The topological polar surface area (TPSA) is 66.9 Å². The van der Waals surface area contributed by atoms with Crippen LogP contribution in [0.15, 0.2) is 24.3 Å². The summed E-state index contributed by atoms with van der Waals surface area (Å²) in [5.41, 5.74) is 5.49. The maximum Gasteiger partial charge on any atom is 0.161 e. The number of benzene rings is 2. The van der Waals surface area contributed by atoms with Gasteiger partial charge < -0.3 is 29.0 Å². The van der Waals surface area contributed by atoms with Crippen molar-refractivity contribution < 1.29 is 24.1 Å². The average molecular weight is 622 g/mol. The smallest absolute Gasteiger partial charge is 0.161 e. The molecule has 6 rings (SSSR count). The van der Waals surface area contributed by atoms with Gasteiger partial charge in [-0.2, -0.15) is 0 Å². The van der Waals surface area contributed by atoms with Gasteiger partial charge in [0.05, 0.1) is 34.5 Å². The fourth-order valence-corrected chi connectivity index (χ4v) is 8.89. The third-order valence-electron chi connectivity index (χ3n) is 11.3. The van der Waals surface area contributed by atoms with Crippen LogP contribution in [-0.4, -0.2) is 100 Å². The zero-order valence-electron chi connectivity index (χ0n) is 28.2. The molecule has 2 saturated heterocycles. The largest absolute Gasteiger partial charge is 0.493 e. The number of hydrogen-bond donors (Lipinski definition) is 1. The zero-order valence-corrected chi connectivity index (χ0v) is 28.2. The van der Waals surface area contributed by atoms with Crippen molar-refractivity contribution in [1.82, 2.24) is 14.7 Å². The molecule has 1 N–H and O–H groups in total. The lowest BCUT2D eigenvalue weighted by molar-refractivity contribution is 0.0145. The fraction of sp³-hybridized carbons (Fsp3) is 0.676. The molecule has 4 aliphatic heterocycles. The molecule has 0 radical (unpaired) electrons. The number of rotatable bonds is 11. The van der Waals surface area contributed by atoms with Gasteiger partial charge in [-0.3, -0.25) is 9.80 Å². The van der Waals surface area contributed by atoms with Gasteiger partial charge in [0, 0.05) is 44.8 Å². The molecular formula is C37H55N3O5. The lowest BCUT2D eigenvalue weighted by Crippen LogP contribution is -2.48. The van der Waals surface area contributed by atoms with Crippen LogP contribution in [0.4, 0.5) is 0 Å². The van der Waals surface area contributed by atoms with Crippen molar-refractivity contribution >= 4 is 0 Å². The predicted octanol–water partition coefficient (Wildman–Crippen LogP) is 5.50. The Hall–Kier alpha value is -2.52. The van der Waals surface area contributed by atoms with Crippen molar-refractivity contribution in [1.29, 1.82) is 0 Å². The van der Waals surface area contributed by atoms with Crippen LogP contribution in [0.5, 0.6) is 23.0 Å². The minimum Gasteiger partial charge on any atom is -0.493 e. The molecule has 4 heterocycles. The van der Waals surface area contributed by atoms with Crippen LogP contribution in [0.1, 0.15) is 79.8 Å². The van der Waals surface area contributed by atoms with Crippen LogP contribution in [0.3, 0.4) is 0 Å². The highest BCUT2D eigenvalue weighted by Gasteiger charge is 2.41. The summed E-state index contributed by atoms with van der Waals surface area (Å²) in [4.78, 5) is 7.77. The van der Waals surface area contributed by atoms with Crippen LogP contribution < -0.4 is 18.9 Å². The molecule has 2 aromatic rings. The molecule has 0 spiro atoms. The van der Waals surface area contributed by atoms with E-state index in [1.165, 1.54) is 47.9 Å². The Labute approximate surface area is 270 Å². The van der Waals surface area contributed by atoms with E-state index in [0.29, 0.717) is 24.4 Å². The number of fused-ring (bicyclic) bond motifs is 4. The highest BCUT2D eigenvalue weighted by Crippen LogP contribution is 2.49.